The lowest BCUT2D eigenvalue weighted by molar-refractivity contribution is 0.0342. The molecule has 3 aromatic heterocycles. The van der Waals surface area contributed by atoms with E-state index in [4.69, 9.17) is 4.74 Å². The molecule has 9 nitrogen and oxygen atoms in total. The fourth-order valence-corrected chi connectivity index (χ4v) is 3.73. The second kappa shape index (κ2) is 10.3. The minimum absolute atomic E-state index is 0.503. The lowest BCUT2D eigenvalue weighted by Gasteiger charge is -2.26. The van der Waals surface area contributed by atoms with Gasteiger partial charge < -0.3 is 15.4 Å². The van der Waals surface area contributed by atoms with Gasteiger partial charge in [-0.1, -0.05) is 18.2 Å². The number of ether oxygens (including phenoxy) is 1. The van der Waals surface area contributed by atoms with Crippen LogP contribution in [0, 0.1) is 6.92 Å². The number of nitrogens with one attached hydrogen (secondary N) is 2. The molecule has 0 aliphatic carbocycles. The molecule has 1 aromatic carbocycles. The van der Waals surface area contributed by atoms with Crippen LogP contribution in [0.3, 0.4) is 0 Å². The number of anilines is 4. The average Bonchev–Trinajstić information content (AvgIpc) is 2.85. The second-order valence-corrected chi connectivity index (χ2v) is 8.03. The van der Waals surface area contributed by atoms with Crippen molar-refractivity contribution in [3.63, 3.8) is 0 Å². The lowest BCUT2D eigenvalue weighted by atomic mass is 10.2. The zero-order valence-corrected chi connectivity index (χ0v) is 19.0. The van der Waals surface area contributed by atoms with Gasteiger partial charge >= 0.3 is 0 Å². The highest BCUT2D eigenvalue weighted by Gasteiger charge is 2.11. The summed E-state index contributed by atoms with van der Waals surface area (Å²) in [4.78, 5) is 24.8. The fraction of sp³-hybridized carbons (Fsp3) is 0.240. The summed E-state index contributed by atoms with van der Waals surface area (Å²) < 4.78 is 5.44. The summed E-state index contributed by atoms with van der Waals surface area (Å²) in [5, 5.41) is 6.53. The molecule has 0 radical (unpaired) electrons. The monoisotopic (exact) mass is 454 g/mol. The maximum absolute atomic E-state index is 5.44. The van der Waals surface area contributed by atoms with Crippen molar-refractivity contribution in [2.45, 2.75) is 13.5 Å². The molecule has 0 atom stereocenters. The molecule has 172 valence electrons. The lowest BCUT2D eigenvalue weighted by Crippen LogP contribution is -2.35. The molecule has 0 unspecified atom stereocenters. The molecular formula is C25H26N8O. The molecule has 34 heavy (non-hydrogen) atoms. The molecule has 0 bridgehead atoms. The molecule has 0 saturated carbocycles. The normalized spacial score (nSPS) is 14.0. The highest BCUT2D eigenvalue weighted by Crippen LogP contribution is 2.20. The van der Waals surface area contributed by atoms with Gasteiger partial charge in [0.1, 0.15) is 17.3 Å². The zero-order chi connectivity index (χ0) is 23.2. The first-order valence-corrected chi connectivity index (χ1v) is 11.2. The fourth-order valence-electron chi connectivity index (χ4n) is 3.73. The van der Waals surface area contributed by atoms with Crippen LogP contribution in [0.4, 0.5) is 23.3 Å². The molecule has 0 spiro atoms. The van der Waals surface area contributed by atoms with Crippen LogP contribution in [0.15, 0.2) is 67.0 Å². The van der Waals surface area contributed by atoms with Crippen molar-refractivity contribution in [3.05, 3.63) is 78.2 Å². The Morgan fingerprint density at radius 1 is 0.853 bits per heavy atom. The average molecular weight is 455 g/mol. The summed E-state index contributed by atoms with van der Waals surface area (Å²) in [6, 6.07) is 17.7. The predicted molar refractivity (Wildman–Crippen MR) is 131 cm³/mol. The van der Waals surface area contributed by atoms with Crippen LogP contribution in [0.2, 0.25) is 0 Å². The first kappa shape index (κ1) is 21.9. The second-order valence-electron chi connectivity index (χ2n) is 8.03. The van der Waals surface area contributed by atoms with Crippen LogP contribution >= 0.6 is 0 Å². The maximum atomic E-state index is 5.44. The van der Waals surface area contributed by atoms with Gasteiger partial charge in [-0.25, -0.2) is 19.9 Å². The highest BCUT2D eigenvalue weighted by molar-refractivity contribution is 5.59. The van der Waals surface area contributed by atoms with E-state index < -0.39 is 0 Å². The van der Waals surface area contributed by atoms with Crippen molar-refractivity contribution in [1.82, 2.24) is 29.8 Å². The Morgan fingerprint density at radius 3 is 2.50 bits per heavy atom. The molecule has 0 amide bonds. The number of rotatable bonds is 7. The van der Waals surface area contributed by atoms with Crippen LogP contribution < -0.4 is 10.6 Å². The molecule has 1 aliphatic rings. The number of hydrogen-bond acceptors (Lipinski definition) is 9. The summed E-state index contributed by atoms with van der Waals surface area (Å²) in [5.41, 5.74) is 3.82. The number of hydrogen-bond donors (Lipinski definition) is 2. The van der Waals surface area contributed by atoms with Gasteiger partial charge in [-0.15, -0.1) is 0 Å². The first-order chi connectivity index (χ1) is 16.7. The van der Waals surface area contributed by atoms with Crippen molar-refractivity contribution in [1.29, 1.82) is 0 Å². The minimum Gasteiger partial charge on any atom is -0.379 e. The molecule has 1 aliphatic heterocycles. The van der Waals surface area contributed by atoms with Gasteiger partial charge in [0.05, 0.1) is 13.2 Å². The van der Waals surface area contributed by atoms with E-state index in [-0.39, 0.29) is 0 Å². The Hall–Kier alpha value is -3.95. The van der Waals surface area contributed by atoms with Gasteiger partial charge in [0.2, 0.25) is 5.95 Å². The van der Waals surface area contributed by atoms with Crippen LogP contribution in [0.1, 0.15) is 11.3 Å². The summed E-state index contributed by atoms with van der Waals surface area (Å²) in [7, 11) is 0. The van der Waals surface area contributed by atoms with Gasteiger partial charge in [-0.3, -0.25) is 4.90 Å². The summed E-state index contributed by atoms with van der Waals surface area (Å²) in [6.45, 7) is 6.34. The zero-order valence-electron chi connectivity index (χ0n) is 19.0. The van der Waals surface area contributed by atoms with Crippen molar-refractivity contribution in [2.75, 3.05) is 36.9 Å². The molecule has 2 N–H and O–H groups in total. The SMILES string of the molecule is Cc1cccc(-c2nccc(Nc3ccnc(Nc4cccc(CN5CCOCC5)c4)n3)n2)n1. The van der Waals surface area contributed by atoms with E-state index in [2.05, 4.69) is 52.6 Å². The molecular weight excluding hydrogens is 428 g/mol. The van der Waals surface area contributed by atoms with Crippen LogP contribution in [-0.2, 0) is 11.3 Å². The molecule has 1 saturated heterocycles. The Balaban J connectivity index is 1.27. The predicted octanol–water partition coefficient (Wildman–Crippen LogP) is 3.96. The van der Waals surface area contributed by atoms with Crippen molar-refractivity contribution in [3.8, 4) is 11.5 Å². The topological polar surface area (TPSA) is 101 Å². The van der Waals surface area contributed by atoms with E-state index in [1.807, 2.05) is 37.3 Å². The van der Waals surface area contributed by atoms with E-state index in [0.29, 0.717) is 23.4 Å². The van der Waals surface area contributed by atoms with Crippen molar-refractivity contribution >= 4 is 23.3 Å². The molecule has 1 fully saturated rings. The van der Waals surface area contributed by atoms with Crippen LogP contribution in [-0.4, -0.2) is 56.1 Å². The maximum Gasteiger partial charge on any atom is 0.229 e. The van der Waals surface area contributed by atoms with Gasteiger partial charge in [-0.2, -0.15) is 4.98 Å². The van der Waals surface area contributed by atoms with Gasteiger partial charge in [0.25, 0.3) is 0 Å². The quantitative estimate of drug-likeness (QED) is 0.430. The van der Waals surface area contributed by atoms with E-state index in [1.165, 1.54) is 5.56 Å². The van der Waals surface area contributed by atoms with Crippen LogP contribution in [0.5, 0.6) is 0 Å². The Bertz CT molecular complexity index is 1260. The summed E-state index contributed by atoms with van der Waals surface area (Å²) in [6.07, 6.45) is 3.41. The van der Waals surface area contributed by atoms with E-state index in [9.17, 15) is 0 Å². The number of morpholine rings is 1. The van der Waals surface area contributed by atoms with Crippen molar-refractivity contribution < 1.29 is 4.74 Å². The van der Waals surface area contributed by atoms with E-state index in [0.717, 1.165) is 49.9 Å². The number of nitrogens with zero attached hydrogens (tertiary/aromatic N) is 6. The minimum atomic E-state index is 0.503. The first-order valence-electron chi connectivity index (χ1n) is 11.2. The number of benzene rings is 1. The smallest absolute Gasteiger partial charge is 0.229 e. The number of pyridine rings is 1. The number of aryl methyl sites for hydroxylation is 1. The van der Waals surface area contributed by atoms with E-state index >= 15 is 0 Å². The molecule has 5 rings (SSSR count). The Kier molecular flexibility index (Phi) is 6.64. The Morgan fingerprint density at radius 2 is 1.65 bits per heavy atom. The van der Waals surface area contributed by atoms with Crippen LogP contribution in [0.25, 0.3) is 11.5 Å². The highest BCUT2D eigenvalue weighted by atomic mass is 16.5. The van der Waals surface area contributed by atoms with Crippen molar-refractivity contribution in [2.24, 2.45) is 0 Å². The Labute approximate surface area is 198 Å². The third kappa shape index (κ3) is 5.69. The third-order valence-electron chi connectivity index (χ3n) is 5.38. The van der Waals surface area contributed by atoms with E-state index in [1.54, 1.807) is 24.5 Å². The molecule has 9 heteroatoms. The van der Waals surface area contributed by atoms with Gasteiger partial charge in [0, 0.05) is 43.4 Å². The largest absolute Gasteiger partial charge is 0.379 e. The number of aromatic nitrogens is 5. The summed E-state index contributed by atoms with van der Waals surface area (Å²) in [5.74, 6) is 2.32. The molecule has 4 aromatic rings. The standard InChI is InChI=1S/C25H26N8O/c1-18-4-2-7-21(28-18)24-26-10-8-22(31-24)30-23-9-11-27-25(32-23)29-20-6-3-5-19(16-20)17-33-12-14-34-15-13-33/h2-11,16H,12-15,17H2,1H3,(H2,26,27,29,30,31,32). The molecule has 4 heterocycles. The van der Waals surface area contributed by atoms with Gasteiger partial charge in [0.15, 0.2) is 5.82 Å². The van der Waals surface area contributed by atoms with Gasteiger partial charge in [-0.05, 0) is 48.9 Å². The third-order valence-corrected chi connectivity index (χ3v) is 5.38. The summed E-state index contributed by atoms with van der Waals surface area (Å²) >= 11 is 0.